The molecule has 0 atom stereocenters. The van der Waals surface area contributed by atoms with Crippen molar-refractivity contribution in [2.45, 2.75) is 19.8 Å². The van der Waals surface area contributed by atoms with Crippen LogP contribution in [0.25, 0.3) is 21.6 Å². The molecule has 4 nitrogen and oxygen atoms in total. The van der Waals surface area contributed by atoms with Crippen molar-refractivity contribution in [1.29, 1.82) is 5.26 Å². The van der Waals surface area contributed by atoms with Gasteiger partial charge in [0, 0.05) is 10.5 Å². The summed E-state index contributed by atoms with van der Waals surface area (Å²) >= 11 is 1.52. The number of thiophene rings is 1. The first kappa shape index (κ1) is 30.1. The summed E-state index contributed by atoms with van der Waals surface area (Å²) in [5.41, 5.74) is 7.89. The first-order chi connectivity index (χ1) is 21.7. The molecule has 0 aliphatic rings. The summed E-state index contributed by atoms with van der Waals surface area (Å²) in [5.74, 6) is 1.64. The molecule has 44 heavy (non-hydrogen) atoms. The average Bonchev–Trinajstić information content (AvgIpc) is 3.62. The summed E-state index contributed by atoms with van der Waals surface area (Å²) in [7, 11) is 1.67. The van der Waals surface area contributed by atoms with Crippen molar-refractivity contribution in [1.82, 2.24) is 0 Å². The monoisotopic (exact) mass is 592 g/mol. The SMILES string of the molecule is [C-]#[N+]/C(C#N)=C(\c1ccc(/C(=C(/c2ccc(OC)cc2)c2ccc(OCCCC)cc2)c2ccccc2)cc1)c1cccs1. The molecule has 0 amide bonds. The van der Waals surface area contributed by atoms with Gasteiger partial charge < -0.3 is 9.47 Å². The van der Waals surface area contributed by atoms with Crippen LogP contribution in [-0.2, 0) is 0 Å². The second kappa shape index (κ2) is 14.7. The standard InChI is InChI=1S/C39H32N2O2S/c1-4-5-25-43-34-23-19-31(20-24-34)38(30-17-21-33(42-3)22-18-30)37(28-10-7-6-8-11-28)29-13-15-32(16-14-29)39(35(27-40)41-2)36-12-9-26-44-36/h6-24,26H,4-5,25H2,1,3H3/b38-37-,39-35+. The summed E-state index contributed by atoms with van der Waals surface area (Å²) in [6.45, 7) is 10.5. The van der Waals surface area contributed by atoms with Gasteiger partial charge >= 0.3 is 0 Å². The molecule has 0 unspecified atom stereocenters. The number of benzene rings is 4. The fourth-order valence-corrected chi connectivity index (χ4v) is 5.88. The minimum atomic E-state index is 0.0826. The lowest BCUT2D eigenvalue weighted by Crippen LogP contribution is -1.99. The Morgan fingerprint density at radius 2 is 1.23 bits per heavy atom. The maximum Gasteiger partial charge on any atom is 0.270 e. The molecular formula is C39H32N2O2S. The molecule has 0 aliphatic heterocycles. The normalized spacial score (nSPS) is 11.9. The van der Waals surface area contributed by atoms with E-state index in [1.54, 1.807) is 7.11 Å². The van der Waals surface area contributed by atoms with Crippen LogP contribution in [0.3, 0.4) is 0 Å². The Hall–Kier alpha value is -5.36. The van der Waals surface area contributed by atoms with Gasteiger partial charge in [-0.25, -0.2) is 10.1 Å². The van der Waals surface area contributed by atoms with Gasteiger partial charge in [-0.2, -0.15) is 0 Å². The third-order valence-electron chi connectivity index (χ3n) is 7.29. The van der Waals surface area contributed by atoms with Gasteiger partial charge in [0.1, 0.15) is 11.5 Å². The van der Waals surface area contributed by atoms with E-state index < -0.39 is 0 Å². The van der Waals surface area contributed by atoms with Crippen LogP contribution in [0.2, 0.25) is 0 Å². The van der Waals surface area contributed by atoms with Crippen molar-refractivity contribution < 1.29 is 9.47 Å². The molecule has 5 aromatic rings. The Balaban J connectivity index is 1.71. The highest BCUT2D eigenvalue weighted by molar-refractivity contribution is 7.11. The molecule has 0 spiro atoms. The second-order valence-corrected chi connectivity index (χ2v) is 11.0. The molecule has 0 saturated heterocycles. The molecule has 0 bridgehead atoms. The largest absolute Gasteiger partial charge is 0.497 e. The van der Waals surface area contributed by atoms with Gasteiger partial charge in [-0.1, -0.05) is 98.3 Å². The minimum absolute atomic E-state index is 0.0826. The predicted octanol–water partition coefficient (Wildman–Crippen LogP) is 10.1. The number of rotatable bonds is 11. The van der Waals surface area contributed by atoms with Crippen molar-refractivity contribution in [3.8, 4) is 17.6 Å². The Morgan fingerprint density at radius 3 is 1.70 bits per heavy atom. The highest BCUT2D eigenvalue weighted by Crippen LogP contribution is 2.39. The fourth-order valence-electron chi connectivity index (χ4n) is 5.08. The van der Waals surface area contributed by atoms with Gasteiger partial charge in [0.25, 0.3) is 5.70 Å². The van der Waals surface area contributed by atoms with Crippen molar-refractivity contribution in [2.24, 2.45) is 0 Å². The molecule has 1 heterocycles. The van der Waals surface area contributed by atoms with E-state index in [9.17, 15) is 5.26 Å². The fraction of sp³-hybridized carbons (Fsp3) is 0.128. The zero-order valence-electron chi connectivity index (χ0n) is 24.8. The Kier molecular flexibility index (Phi) is 10.1. The molecule has 5 heteroatoms. The number of hydrogen-bond acceptors (Lipinski definition) is 4. The molecule has 0 radical (unpaired) electrons. The van der Waals surface area contributed by atoms with Crippen molar-refractivity contribution in [3.05, 3.63) is 170 Å². The number of ether oxygens (including phenoxy) is 2. The Bertz CT molecular complexity index is 1810. The molecule has 4 aromatic carbocycles. The Labute approximate surface area is 263 Å². The molecule has 0 saturated carbocycles. The van der Waals surface area contributed by atoms with Crippen molar-refractivity contribution in [2.75, 3.05) is 13.7 Å². The molecule has 0 fully saturated rings. The maximum absolute atomic E-state index is 9.75. The summed E-state index contributed by atoms with van der Waals surface area (Å²) in [5, 5.41) is 11.7. The highest BCUT2D eigenvalue weighted by Gasteiger charge is 2.18. The van der Waals surface area contributed by atoms with Crippen LogP contribution in [0, 0.1) is 17.9 Å². The smallest absolute Gasteiger partial charge is 0.270 e. The molecule has 0 N–H and O–H groups in total. The number of allylic oxidation sites excluding steroid dienone is 1. The average molecular weight is 593 g/mol. The van der Waals surface area contributed by atoms with Crippen LogP contribution >= 0.6 is 11.3 Å². The zero-order chi connectivity index (χ0) is 30.7. The molecule has 5 rings (SSSR count). The number of methoxy groups -OCH3 is 1. The van der Waals surface area contributed by atoms with E-state index in [-0.39, 0.29) is 5.70 Å². The van der Waals surface area contributed by atoms with Gasteiger partial charge in [0.05, 0.1) is 26.4 Å². The lowest BCUT2D eigenvalue weighted by molar-refractivity contribution is 0.309. The lowest BCUT2D eigenvalue weighted by Gasteiger charge is -2.19. The third-order valence-corrected chi connectivity index (χ3v) is 8.17. The first-order valence-electron chi connectivity index (χ1n) is 14.5. The molecule has 1 aromatic heterocycles. The van der Waals surface area contributed by atoms with Gasteiger partial charge in [0.15, 0.2) is 0 Å². The van der Waals surface area contributed by atoms with E-state index in [1.165, 1.54) is 11.3 Å². The number of unbranched alkanes of at least 4 members (excludes halogenated alkanes) is 1. The topological polar surface area (TPSA) is 46.6 Å². The van der Waals surface area contributed by atoms with Crippen LogP contribution < -0.4 is 9.47 Å². The summed E-state index contributed by atoms with van der Waals surface area (Å²) in [4.78, 5) is 4.43. The predicted molar refractivity (Wildman–Crippen MR) is 180 cm³/mol. The lowest BCUT2D eigenvalue weighted by atomic mass is 9.85. The van der Waals surface area contributed by atoms with Crippen LogP contribution in [-0.4, -0.2) is 13.7 Å². The quantitative estimate of drug-likeness (QED) is 0.0663. The summed E-state index contributed by atoms with van der Waals surface area (Å²) in [6, 6.07) is 40.9. The van der Waals surface area contributed by atoms with Crippen molar-refractivity contribution >= 4 is 28.1 Å². The van der Waals surface area contributed by atoms with E-state index in [2.05, 4.69) is 66.4 Å². The summed E-state index contributed by atoms with van der Waals surface area (Å²) in [6.07, 6.45) is 2.10. The second-order valence-electron chi connectivity index (χ2n) is 10.1. The Morgan fingerprint density at radius 1 is 0.705 bits per heavy atom. The number of nitriles is 1. The van der Waals surface area contributed by atoms with E-state index in [0.717, 1.165) is 68.2 Å². The zero-order valence-corrected chi connectivity index (χ0v) is 25.6. The van der Waals surface area contributed by atoms with Gasteiger partial charge in [-0.15, -0.1) is 11.3 Å². The van der Waals surface area contributed by atoms with E-state index in [1.807, 2.05) is 72.1 Å². The van der Waals surface area contributed by atoms with Gasteiger partial charge in [0.2, 0.25) is 0 Å². The molecular weight excluding hydrogens is 561 g/mol. The third kappa shape index (κ3) is 6.81. The van der Waals surface area contributed by atoms with Crippen LogP contribution in [0.4, 0.5) is 0 Å². The minimum Gasteiger partial charge on any atom is -0.497 e. The summed E-state index contributed by atoms with van der Waals surface area (Å²) < 4.78 is 11.4. The molecule has 0 aliphatic carbocycles. The number of hydrogen-bond donors (Lipinski definition) is 0. The highest BCUT2D eigenvalue weighted by atomic mass is 32.1. The van der Waals surface area contributed by atoms with E-state index in [0.29, 0.717) is 12.2 Å². The van der Waals surface area contributed by atoms with Crippen LogP contribution in [0.5, 0.6) is 11.5 Å². The maximum atomic E-state index is 9.75. The van der Waals surface area contributed by atoms with Crippen LogP contribution in [0.15, 0.2) is 126 Å². The van der Waals surface area contributed by atoms with Crippen LogP contribution in [0.1, 0.15) is 52.5 Å². The van der Waals surface area contributed by atoms with E-state index >= 15 is 0 Å². The van der Waals surface area contributed by atoms with Gasteiger partial charge in [-0.3, -0.25) is 0 Å². The van der Waals surface area contributed by atoms with Gasteiger partial charge in [-0.05, 0) is 81.1 Å². The molecule has 216 valence electrons. The van der Waals surface area contributed by atoms with E-state index in [4.69, 9.17) is 16.0 Å². The van der Waals surface area contributed by atoms with Crippen molar-refractivity contribution in [3.63, 3.8) is 0 Å². The number of nitrogens with zero attached hydrogens (tertiary/aromatic N) is 2. The first-order valence-corrected chi connectivity index (χ1v) is 15.4.